The molecule has 20 heavy (non-hydrogen) atoms. The van der Waals surface area contributed by atoms with Gasteiger partial charge in [0.15, 0.2) is 0 Å². The van der Waals surface area contributed by atoms with Crippen molar-refractivity contribution < 1.29 is 9.90 Å². The zero-order valence-electron chi connectivity index (χ0n) is 11.1. The number of carbonyl (C=O) groups is 1. The van der Waals surface area contributed by atoms with Gasteiger partial charge >= 0.3 is 5.97 Å². The maximum atomic E-state index is 11.0. The van der Waals surface area contributed by atoms with Crippen molar-refractivity contribution in [3.05, 3.63) is 65.0 Å². The molecule has 0 atom stereocenters. The van der Waals surface area contributed by atoms with Crippen molar-refractivity contribution in [3.63, 3.8) is 0 Å². The molecule has 1 aromatic carbocycles. The van der Waals surface area contributed by atoms with E-state index in [1.165, 1.54) is 11.1 Å². The largest absolute Gasteiger partial charge is 0.478 e. The van der Waals surface area contributed by atoms with Crippen LogP contribution in [0.2, 0.25) is 0 Å². The van der Waals surface area contributed by atoms with Gasteiger partial charge in [-0.05, 0) is 47.4 Å². The monoisotopic (exact) mass is 268 g/mol. The van der Waals surface area contributed by atoms with E-state index in [0.717, 1.165) is 31.6 Å². The van der Waals surface area contributed by atoms with E-state index >= 15 is 0 Å². The second-order valence-corrected chi connectivity index (χ2v) is 5.10. The first-order valence-corrected chi connectivity index (χ1v) is 6.69. The molecule has 1 aliphatic rings. The molecule has 1 N–H and O–H groups in total. The first-order chi connectivity index (χ1) is 9.72. The van der Waals surface area contributed by atoms with Gasteiger partial charge in [0.2, 0.25) is 0 Å². The van der Waals surface area contributed by atoms with Gasteiger partial charge in [-0.3, -0.25) is 9.88 Å². The van der Waals surface area contributed by atoms with Gasteiger partial charge in [-0.2, -0.15) is 0 Å². The van der Waals surface area contributed by atoms with Crippen LogP contribution in [-0.4, -0.2) is 27.5 Å². The lowest BCUT2D eigenvalue weighted by Gasteiger charge is -2.14. The Kier molecular flexibility index (Phi) is 3.48. The molecule has 0 unspecified atom stereocenters. The molecule has 0 aliphatic carbocycles. The summed E-state index contributed by atoms with van der Waals surface area (Å²) in [6.45, 7) is 2.71. The predicted octanol–water partition coefficient (Wildman–Crippen LogP) is 2.34. The van der Waals surface area contributed by atoms with Crippen LogP contribution >= 0.6 is 0 Å². The van der Waals surface area contributed by atoms with E-state index < -0.39 is 5.97 Å². The van der Waals surface area contributed by atoms with Gasteiger partial charge < -0.3 is 5.11 Å². The van der Waals surface area contributed by atoms with Crippen molar-refractivity contribution in [2.75, 3.05) is 6.54 Å². The van der Waals surface area contributed by atoms with Gasteiger partial charge in [0.1, 0.15) is 0 Å². The highest BCUT2D eigenvalue weighted by Gasteiger charge is 2.19. The third-order valence-corrected chi connectivity index (χ3v) is 3.71. The molecule has 1 aromatic heterocycles. The maximum absolute atomic E-state index is 11.0. The van der Waals surface area contributed by atoms with Crippen molar-refractivity contribution >= 4 is 5.97 Å². The summed E-state index contributed by atoms with van der Waals surface area (Å²) in [6, 6.07) is 9.49. The molecule has 0 spiro atoms. The highest BCUT2D eigenvalue weighted by atomic mass is 16.4. The fourth-order valence-electron chi connectivity index (χ4n) is 2.59. The van der Waals surface area contributed by atoms with Crippen LogP contribution in [0.3, 0.4) is 0 Å². The highest BCUT2D eigenvalue weighted by molar-refractivity contribution is 5.87. The summed E-state index contributed by atoms with van der Waals surface area (Å²) in [5.41, 5.74) is 4.03. The standard InChI is InChI=1S/C16H16N2O2/c19-16(20)13-1-2-14-10-18(11-15(14)9-13)8-5-12-3-6-17-7-4-12/h1-4,6-7,9H,5,8,10-11H2,(H,19,20). The average molecular weight is 268 g/mol. The summed E-state index contributed by atoms with van der Waals surface area (Å²) in [5.74, 6) is -0.858. The van der Waals surface area contributed by atoms with E-state index in [0.29, 0.717) is 5.56 Å². The van der Waals surface area contributed by atoms with Crippen LogP contribution in [0.1, 0.15) is 27.0 Å². The minimum Gasteiger partial charge on any atom is -0.478 e. The second kappa shape index (κ2) is 5.43. The fraction of sp³-hybridized carbons (Fsp3) is 0.250. The first-order valence-electron chi connectivity index (χ1n) is 6.69. The smallest absolute Gasteiger partial charge is 0.335 e. The zero-order valence-corrected chi connectivity index (χ0v) is 11.1. The third kappa shape index (κ3) is 2.70. The lowest BCUT2D eigenvalue weighted by atomic mass is 10.1. The van der Waals surface area contributed by atoms with E-state index in [1.54, 1.807) is 12.1 Å². The van der Waals surface area contributed by atoms with Gasteiger partial charge in [0.25, 0.3) is 0 Å². The Morgan fingerprint density at radius 1 is 1.15 bits per heavy atom. The van der Waals surface area contributed by atoms with Crippen molar-refractivity contribution in [2.45, 2.75) is 19.5 Å². The molecule has 0 radical (unpaired) electrons. The summed E-state index contributed by atoms with van der Waals surface area (Å²) in [4.78, 5) is 17.3. The van der Waals surface area contributed by atoms with Crippen LogP contribution in [0.4, 0.5) is 0 Å². The molecule has 0 amide bonds. The maximum Gasteiger partial charge on any atom is 0.335 e. The highest BCUT2D eigenvalue weighted by Crippen LogP contribution is 2.24. The Bertz CT molecular complexity index is 626. The lowest BCUT2D eigenvalue weighted by Crippen LogP contribution is -2.19. The Hall–Kier alpha value is -2.20. The van der Waals surface area contributed by atoms with Crippen molar-refractivity contribution in [1.29, 1.82) is 0 Å². The number of rotatable bonds is 4. The molecule has 4 heteroatoms. The third-order valence-electron chi connectivity index (χ3n) is 3.71. The second-order valence-electron chi connectivity index (χ2n) is 5.10. The van der Waals surface area contributed by atoms with E-state index in [4.69, 9.17) is 5.11 Å². The summed E-state index contributed by atoms with van der Waals surface area (Å²) < 4.78 is 0. The number of carboxylic acid groups (broad SMARTS) is 1. The topological polar surface area (TPSA) is 53.4 Å². The van der Waals surface area contributed by atoms with Crippen LogP contribution in [0.15, 0.2) is 42.7 Å². The average Bonchev–Trinajstić information content (AvgIpc) is 2.88. The number of carboxylic acids is 1. The fourth-order valence-corrected chi connectivity index (χ4v) is 2.59. The molecule has 4 nitrogen and oxygen atoms in total. The van der Waals surface area contributed by atoms with Crippen LogP contribution in [0.5, 0.6) is 0 Å². The Morgan fingerprint density at radius 2 is 1.90 bits per heavy atom. The Morgan fingerprint density at radius 3 is 2.65 bits per heavy atom. The van der Waals surface area contributed by atoms with Crippen molar-refractivity contribution in [3.8, 4) is 0 Å². The van der Waals surface area contributed by atoms with E-state index in [9.17, 15) is 4.79 Å². The number of hydrogen-bond donors (Lipinski definition) is 1. The molecular weight excluding hydrogens is 252 g/mol. The van der Waals surface area contributed by atoms with Gasteiger partial charge in [0, 0.05) is 32.0 Å². The van der Waals surface area contributed by atoms with Gasteiger partial charge in [-0.25, -0.2) is 4.79 Å². The summed E-state index contributed by atoms with van der Waals surface area (Å²) in [6.07, 6.45) is 4.61. The van der Waals surface area contributed by atoms with Crippen LogP contribution in [0, 0.1) is 0 Å². The van der Waals surface area contributed by atoms with Crippen LogP contribution in [0.25, 0.3) is 0 Å². The Labute approximate surface area is 117 Å². The number of pyridine rings is 1. The summed E-state index contributed by atoms with van der Waals surface area (Å²) >= 11 is 0. The minimum atomic E-state index is -0.858. The number of benzene rings is 1. The summed E-state index contributed by atoms with van der Waals surface area (Å²) in [7, 11) is 0. The molecule has 0 bridgehead atoms. The number of hydrogen-bond acceptors (Lipinski definition) is 3. The molecule has 2 heterocycles. The van der Waals surface area contributed by atoms with Crippen LogP contribution in [-0.2, 0) is 19.5 Å². The SMILES string of the molecule is O=C(O)c1ccc2c(c1)CN(CCc1ccncc1)C2. The van der Waals surface area contributed by atoms with Crippen molar-refractivity contribution in [2.24, 2.45) is 0 Å². The summed E-state index contributed by atoms with van der Waals surface area (Å²) in [5, 5.41) is 9.01. The van der Waals surface area contributed by atoms with Crippen molar-refractivity contribution in [1.82, 2.24) is 9.88 Å². The molecule has 1 aliphatic heterocycles. The lowest BCUT2D eigenvalue weighted by molar-refractivity contribution is 0.0696. The van der Waals surface area contributed by atoms with E-state index in [-0.39, 0.29) is 0 Å². The zero-order chi connectivity index (χ0) is 13.9. The quantitative estimate of drug-likeness (QED) is 0.924. The van der Waals surface area contributed by atoms with E-state index in [2.05, 4.69) is 9.88 Å². The molecule has 2 aromatic rings. The molecular formula is C16H16N2O2. The Balaban J connectivity index is 1.64. The predicted molar refractivity (Wildman–Crippen MR) is 75.5 cm³/mol. The van der Waals surface area contributed by atoms with Crippen LogP contribution < -0.4 is 0 Å². The van der Waals surface area contributed by atoms with E-state index in [1.807, 2.05) is 30.6 Å². The number of nitrogens with zero attached hydrogens (tertiary/aromatic N) is 2. The molecule has 102 valence electrons. The van der Waals surface area contributed by atoms with Gasteiger partial charge in [-0.1, -0.05) is 6.07 Å². The van der Waals surface area contributed by atoms with Gasteiger partial charge in [0.05, 0.1) is 5.56 Å². The number of fused-ring (bicyclic) bond motifs is 1. The number of aromatic carboxylic acids is 1. The minimum absolute atomic E-state index is 0.375. The molecule has 3 rings (SSSR count). The van der Waals surface area contributed by atoms with Gasteiger partial charge in [-0.15, -0.1) is 0 Å². The molecule has 0 saturated heterocycles. The normalized spacial score (nSPS) is 14.2. The number of aromatic nitrogens is 1. The first kappa shape index (κ1) is 12.8. The molecule has 0 fully saturated rings. The molecule has 0 saturated carbocycles.